The molecule has 0 bridgehead atoms. The molecule has 1 aromatic carbocycles. The van der Waals surface area contributed by atoms with E-state index in [0.717, 1.165) is 24.5 Å². The molecule has 0 saturated heterocycles. The summed E-state index contributed by atoms with van der Waals surface area (Å²) in [6.07, 6.45) is 4.31. The van der Waals surface area contributed by atoms with Gasteiger partial charge in [0.05, 0.1) is 0 Å². The molecule has 1 N–H and O–H groups in total. The normalized spacial score (nSPS) is 12.8. The number of nitrogens with one attached hydrogen (secondary N) is 1. The summed E-state index contributed by atoms with van der Waals surface area (Å²) in [5.74, 6) is 1.13. The molecule has 0 unspecified atom stereocenters. The van der Waals surface area contributed by atoms with Crippen LogP contribution < -0.4 is 10.2 Å². The Bertz CT molecular complexity index is 879. The summed E-state index contributed by atoms with van der Waals surface area (Å²) in [5.41, 5.74) is 3.03. The molecule has 0 aliphatic carbocycles. The van der Waals surface area contributed by atoms with Crippen LogP contribution in [0.3, 0.4) is 0 Å². The van der Waals surface area contributed by atoms with Gasteiger partial charge in [0.1, 0.15) is 11.6 Å². The fourth-order valence-corrected chi connectivity index (χ4v) is 2.91. The lowest BCUT2D eigenvalue weighted by Crippen LogP contribution is -2.17. The van der Waals surface area contributed by atoms with Crippen LogP contribution in [0.2, 0.25) is 0 Å². The van der Waals surface area contributed by atoms with Crippen LogP contribution in [0.25, 0.3) is 0 Å². The first kappa shape index (κ1) is 14.4. The fraction of sp³-hybridized carbons (Fsp3) is 0.105. The molecule has 24 heavy (non-hydrogen) atoms. The first-order valence-corrected chi connectivity index (χ1v) is 7.85. The second kappa shape index (κ2) is 6.12. The van der Waals surface area contributed by atoms with Gasteiger partial charge in [-0.05, 0) is 42.3 Å². The fourth-order valence-electron chi connectivity index (χ4n) is 2.91. The molecular weight excluding hydrogens is 300 g/mol. The SMILES string of the molecule is O=C(Nc1ccccn1)c1ccnc(N2CCc3ccccc32)c1. The Morgan fingerprint density at radius 2 is 1.88 bits per heavy atom. The maximum Gasteiger partial charge on any atom is 0.257 e. The molecule has 118 valence electrons. The van der Waals surface area contributed by atoms with E-state index in [1.807, 2.05) is 30.3 Å². The lowest BCUT2D eigenvalue weighted by molar-refractivity contribution is 0.102. The van der Waals surface area contributed by atoms with Gasteiger partial charge >= 0.3 is 0 Å². The van der Waals surface area contributed by atoms with Gasteiger partial charge in [0, 0.05) is 30.2 Å². The summed E-state index contributed by atoms with van der Waals surface area (Å²) in [4.78, 5) is 23.1. The number of anilines is 3. The number of pyridine rings is 2. The Labute approximate surface area is 140 Å². The number of carbonyl (C=O) groups is 1. The number of nitrogens with zero attached hydrogens (tertiary/aromatic N) is 3. The van der Waals surface area contributed by atoms with E-state index < -0.39 is 0 Å². The predicted octanol–water partition coefficient (Wildman–Crippen LogP) is 3.42. The van der Waals surface area contributed by atoms with E-state index in [0.29, 0.717) is 11.4 Å². The van der Waals surface area contributed by atoms with Gasteiger partial charge in [-0.15, -0.1) is 0 Å². The van der Waals surface area contributed by atoms with Crippen molar-refractivity contribution < 1.29 is 4.79 Å². The molecule has 0 atom stereocenters. The van der Waals surface area contributed by atoms with E-state index in [-0.39, 0.29) is 5.91 Å². The molecular formula is C19H16N4O. The largest absolute Gasteiger partial charge is 0.326 e. The highest BCUT2D eigenvalue weighted by atomic mass is 16.1. The molecule has 0 fully saturated rings. The molecule has 4 rings (SSSR count). The smallest absolute Gasteiger partial charge is 0.257 e. The number of rotatable bonds is 3. The van der Waals surface area contributed by atoms with E-state index in [4.69, 9.17) is 0 Å². The zero-order valence-electron chi connectivity index (χ0n) is 13.0. The Morgan fingerprint density at radius 3 is 2.75 bits per heavy atom. The third kappa shape index (κ3) is 2.72. The zero-order valence-corrected chi connectivity index (χ0v) is 13.0. The summed E-state index contributed by atoms with van der Waals surface area (Å²) in [6, 6.07) is 17.2. The number of benzene rings is 1. The summed E-state index contributed by atoms with van der Waals surface area (Å²) >= 11 is 0. The molecule has 1 aliphatic heterocycles. The van der Waals surface area contributed by atoms with E-state index in [2.05, 4.69) is 32.3 Å². The van der Waals surface area contributed by atoms with Gasteiger partial charge in [0.15, 0.2) is 0 Å². The highest BCUT2D eigenvalue weighted by molar-refractivity contribution is 6.04. The van der Waals surface area contributed by atoms with Crippen LogP contribution in [0.1, 0.15) is 15.9 Å². The standard InChI is InChI=1S/C19H16N4O/c24-19(22-17-7-3-4-10-20-17)15-8-11-21-18(13-15)23-12-9-14-5-1-2-6-16(14)23/h1-8,10-11,13H,9,12H2,(H,20,22,24). The molecule has 1 aliphatic rings. The Hall–Kier alpha value is -3.21. The monoisotopic (exact) mass is 316 g/mol. The molecule has 0 spiro atoms. The topological polar surface area (TPSA) is 58.1 Å². The second-order valence-electron chi connectivity index (χ2n) is 5.60. The highest BCUT2D eigenvalue weighted by Crippen LogP contribution is 2.33. The van der Waals surface area contributed by atoms with Crippen molar-refractivity contribution in [3.05, 3.63) is 78.1 Å². The number of hydrogen-bond acceptors (Lipinski definition) is 4. The van der Waals surface area contributed by atoms with E-state index in [1.54, 1.807) is 24.5 Å². The predicted molar refractivity (Wildman–Crippen MR) is 93.6 cm³/mol. The summed E-state index contributed by atoms with van der Waals surface area (Å²) in [6.45, 7) is 0.873. The van der Waals surface area contributed by atoms with Crippen LogP contribution in [0.15, 0.2) is 67.0 Å². The second-order valence-corrected chi connectivity index (χ2v) is 5.60. The molecule has 0 saturated carbocycles. The number of para-hydroxylation sites is 1. The molecule has 1 amide bonds. The van der Waals surface area contributed by atoms with Crippen LogP contribution in [-0.4, -0.2) is 22.4 Å². The number of amides is 1. The minimum absolute atomic E-state index is 0.190. The van der Waals surface area contributed by atoms with Crippen molar-refractivity contribution in [3.63, 3.8) is 0 Å². The van der Waals surface area contributed by atoms with Crippen molar-refractivity contribution in [2.24, 2.45) is 0 Å². The van der Waals surface area contributed by atoms with Crippen molar-refractivity contribution in [2.45, 2.75) is 6.42 Å². The van der Waals surface area contributed by atoms with Gasteiger partial charge in [0.25, 0.3) is 5.91 Å². The third-order valence-corrected chi connectivity index (χ3v) is 4.08. The number of aromatic nitrogens is 2. The average molecular weight is 316 g/mol. The number of fused-ring (bicyclic) bond motifs is 1. The average Bonchev–Trinajstić information content (AvgIpc) is 3.07. The quantitative estimate of drug-likeness (QED) is 0.804. The van der Waals surface area contributed by atoms with Crippen molar-refractivity contribution in [1.29, 1.82) is 0 Å². The molecule has 0 radical (unpaired) electrons. The summed E-state index contributed by atoms with van der Waals surface area (Å²) < 4.78 is 0. The van der Waals surface area contributed by atoms with Crippen LogP contribution in [0.5, 0.6) is 0 Å². The first-order chi connectivity index (χ1) is 11.8. The van der Waals surface area contributed by atoms with Gasteiger partial charge in [-0.1, -0.05) is 24.3 Å². The Morgan fingerprint density at radius 1 is 1.00 bits per heavy atom. The van der Waals surface area contributed by atoms with Crippen molar-refractivity contribution in [2.75, 3.05) is 16.8 Å². The van der Waals surface area contributed by atoms with Gasteiger partial charge in [0.2, 0.25) is 0 Å². The van der Waals surface area contributed by atoms with E-state index in [1.165, 1.54) is 5.56 Å². The molecule has 2 aromatic heterocycles. The molecule has 3 aromatic rings. The van der Waals surface area contributed by atoms with Crippen LogP contribution in [0, 0.1) is 0 Å². The van der Waals surface area contributed by atoms with Crippen molar-refractivity contribution in [3.8, 4) is 0 Å². The summed E-state index contributed by atoms with van der Waals surface area (Å²) in [7, 11) is 0. The van der Waals surface area contributed by atoms with Gasteiger partial charge in [-0.25, -0.2) is 9.97 Å². The van der Waals surface area contributed by atoms with Crippen LogP contribution in [0.4, 0.5) is 17.3 Å². The minimum atomic E-state index is -0.190. The van der Waals surface area contributed by atoms with Crippen LogP contribution in [-0.2, 0) is 6.42 Å². The first-order valence-electron chi connectivity index (χ1n) is 7.85. The lowest BCUT2D eigenvalue weighted by atomic mass is 10.2. The van der Waals surface area contributed by atoms with E-state index >= 15 is 0 Å². The zero-order chi connectivity index (χ0) is 16.4. The molecule has 3 heterocycles. The Balaban J connectivity index is 1.59. The van der Waals surface area contributed by atoms with Gasteiger partial charge in [-0.2, -0.15) is 0 Å². The number of hydrogen-bond donors (Lipinski definition) is 1. The number of carbonyl (C=O) groups excluding carboxylic acids is 1. The van der Waals surface area contributed by atoms with Gasteiger partial charge in [-0.3, -0.25) is 4.79 Å². The minimum Gasteiger partial charge on any atom is -0.326 e. The summed E-state index contributed by atoms with van der Waals surface area (Å²) in [5, 5.41) is 2.80. The van der Waals surface area contributed by atoms with Crippen molar-refractivity contribution >= 4 is 23.2 Å². The maximum atomic E-state index is 12.4. The molecule has 5 heteroatoms. The van der Waals surface area contributed by atoms with Gasteiger partial charge < -0.3 is 10.2 Å². The van der Waals surface area contributed by atoms with Crippen molar-refractivity contribution in [1.82, 2.24) is 9.97 Å². The van der Waals surface area contributed by atoms with Crippen LogP contribution >= 0.6 is 0 Å². The van der Waals surface area contributed by atoms with E-state index in [9.17, 15) is 4.79 Å². The maximum absolute atomic E-state index is 12.4. The lowest BCUT2D eigenvalue weighted by Gasteiger charge is -2.18. The Kier molecular flexibility index (Phi) is 3.67. The highest BCUT2D eigenvalue weighted by Gasteiger charge is 2.21. The third-order valence-electron chi connectivity index (χ3n) is 4.08. The molecule has 5 nitrogen and oxygen atoms in total.